The molecule has 1 amide bonds. The van der Waals surface area contributed by atoms with E-state index < -0.39 is 10.2 Å². The third kappa shape index (κ3) is 4.40. The number of amides is 1. The molecule has 1 N–H and O–H groups in total. The van der Waals surface area contributed by atoms with Gasteiger partial charge in [0, 0.05) is 6.54 Å². The SMILES string of the molecule is CCCCNS(=O)(=O)N([C]=O)c1ccc(-c2ccccc2)cc1. The first-order valence-corrected chi connectivity index (χ1v) is 8.85. The molecule has 121 valence electrons. The molecule has 2 aromatic rings. The van der Waals surface area contributed by atoms with Gasteiger partial charge in [0.2, 0.25) is 0 Å². The number of unbranched alkanes of at least 4 members (excludes halogenated alkanes) is 1. The molecule has 6 heteroatoms. The van der Waals surface area contributed by atoms with Crippen molar-refractivity contribution in [1.29, 1.82) is 0 Å². The van der Waals surface area contributed by atoms with Gasteiger partial charge < -0.3 is 0 Å². The molecule has 23 heavy (non-hydrogen) atoms. The number of carbonyl (C=O) groups excluding carboxylic acids is 1. The Bertz CT molecular complexity index is 728. The molecule has 5 nitrogen and oxygen atoms in total. The summed E-state index contributed by atoms with van der Waals surface area (Å²) < 4.78 is 27.3. The molecule has 0 saturated heterocycles. The fourth-order valence-electron chi connectivity index (χ4n) is 2.10. The fourth-order valence-corrected chi connectivity index (χ4v) is 3.13. The molecule has 0 atom stereocenters. The first-order chi connectivity index (χ1) is 11.1. The van der Waals surface area contributed by atoms with Crippen molar-refractivity contribution in [3.05, 3.63) is 54.6 Å². The maximum absolute atomic E-state index is 12.1. The van der Waals surface area contributed by atoms with Crippen LogP contribution in [0.3, 0.4) is 0 Å². The Morgan fingerprint density at radius 3 is 2.17 bits per heavy atom. The van der Waals surface area contributed by atoms with E-state index in [0.29, 0.717) is 17.3 Å². The molecule has 0 aromatic heterocycles. The van der Waals surface area contributed by atoms with Crippen molar-refractivity contribution in [2.24, 2.45) is 0 Å². The average molecular weight is 331 g/mol. The minimum absolute atomic E-state index is 0.253. The van der Waals surface area contributed by atoms with E-state index in [9.17, 15) is 13.2 Å². The lowest BCUT2D eigenvalue weighted by Crippen LogP contribution is -2.40. The number of hydrogen-bond donors (Lipinski definition) is 1. The van der Waals surface area contributed by atoms with Crippen LogP contribution < -0.4 is 9.03 Å². The molecule has 1 radical (unpaired) electrons. The van der Waals surface area contributed by atoms with E-state index in [4.69, 9.17) is 0 Å². The molecule has 0 aliphatic rings. The largest absolute Gasteiger partial charge is 0.332 e. The van der Waals surface area contributed by atoms with Crippen molar-refractivity contribution in [3.8, 4) is 11.1 Å². The highest BCUT2D eigenvalue weighted by atomic mass is 32.2. The van der Waals surface area contributed by atoms with Gasteiger partial charge in [-0.15, -0.1) is 0 Å². The van der Waals surface area contributed by atoms with Crippen molar-refractivity contribution in [2.45, 2.75) is 19.8 Å². The summed E-state index contributed by atoms with van der Waals surface area (Å²) in [7, 11) is -3.92. The predicted octanol–water partition coefficient (Wildman–Crippen LogP) is 2.86. The first-order valence-electron chi connectivity index (χ1n) is 7.41. The second-order valence-corrected chi connectivity index (χ2v) is 6.63. The average Bonchev–Trinajstić information content (AvgIpc) is 2.57. The third-order valence-corrected chi connectivity index (χ3v) is 4.68. The molecule has 0 unspecified atom stereocenters. The van der Waals surface area contributed by atoms with Gasteiger partial charge in [0.25, 0.3) is 0 Å². The van der Waals surface area contributed by atoms with E-state index in [1.54, 1.807) is 24.3 Å². The quantitative estimate of drug-likeness (QED) is 0.597. The lowest BCUT2D eigenvalue weighted by atomic mass is 10.1. The summed E-state index contributed by atoms with van der Waals surface area (Å²) in [5, 5.41) is 0. The summed E-state index contributed by atoms with van der Waals surface area (Å²) in [6, 6.07) is 16.4. The molecule has 0 fully saturated rings. The topological polar surface area (TPSA) is 66.5 Å². The van der Waals surface area contributed by atoms with E-state index in [0.717, 1.165) is 17.5 Å². The van der Waals surface area contributed by atoms with E-state index in [1.807, 2.05) is 37.3 Å². The Balaban J connectivity index is 2.20. The van der Waals surface area contributed by atoms with Crippen molar-refractivity contribution < 1.29 is 13.2 Å². The Hall–Kier alpha value is -2.18. The first kappa shape index (κ1) is 17.2. The van der Waals surface area contributed by atoms with E-state index >= 15 is 0 Å². The van der Waals surface area contributed by atoms with Gasteiger partial charge in [-0.05, 0) is 29.7 Å². The minimum Gasteiger partial charge on any atom is -0.262 e. The maximum Gasteiger partial charge on any atom is 0.332 e. The van der Waals surface area contributed by atoms with Crippen LogP contribution in [0, 0.1) is 0 Å². The van der Waals surface area contributed by atoms with Gasteiger partial charge in [-0.2, -0.15) is 17.4 Å². The van der Waals surface area contributed by atoms with E-state index in [2.05, 4.69) is 4.72 Å². The molecule has 0 saturated carbocycles. The van der Waals surface area contributed by atoms with Crippen LogP contribution in [-0.2, 0) is 15.0 Å². The van der Waals surface area contributed by atoms with Crippen LogP contribution in [0.25, 0.3) is 11.1 Å². The highest BCUT2D eigenvalue weighted by Crippen LogP contribution is 2.23. The summed E-state index contributed by atoms with van der Waals surface area (Å²) in [5.41, 5.74) is 2.21. The summed E-state index contributed by atoms with van der Waals surface area (Å²) >= 11 is 0. The van der Waals surface area contributed by atoms with Gasteiger partial charge >= 0.3 is 16.6 Å². The standard InChI is InChI=1S/C17H19N2O3S/c1-2-3-13-18-23(21,22)19(14-20)17-11-9-16(10-12-17)15-7-5-4-6-8-15/h4-12,18H,2-3,13H2,1H3. The van der Waals surface area contributed by atoms with Gasteiger partial charge in [0.15, 0.2) is 0 Å². The summed E-state index contributed by atoms with van der Waals surface area (Å²) in [4.78, 5) is 11.1. The monoisotopic (exact) mass is 331 g/mol. The molecule has 0 heterocycles. The number of nitrogens with zero attached hydrogens (tertiary/aromatic N) is 1. The second kappa shape index (κ2) is 7.89. The highest BCUT2D eigenvalue weighted by molar-refractivity contribution is 7.91. The highest BCUT2D eigenvalue weighted by Gasteiger charge is 2.22. The summed E-state index contributed by atoms with van der Waals surface area (Å²) in [6.45, 7) is 2.25. The minimum atomic E-state index is -3.92. The maximum atomic E-state index is 12.1. The van der Waals surface area contributed by atoms with Gasteiger partial charge in [-0.25, -0.2) is 0 Å². The van der Waals surface area contributed by atoms with Gasteiger partial charge in [0.1, 0.15) is 0 Å². The zero-order chi connectivity index (χ0) is 16.7. The molecule has 0 bridgehead atoms. The molecule has 0 aliphatic carbocycles. The van der Waals surface area contributed by atoms with Crippen molar-refractivity contribution in [1.82, 2.24) is 4.72 Å². The molecular formula is C17H19N2O3S. The zero-order valence-electron chi connectivity index (χ0n) is 12.9. The van der Waals surface area contributed by atoms with E-state index in [1.165, 1.54) is 6.41 Å². The number of hydrogen-bond acceptors (Lipinski definition) is 3. The van der Waals surface area contributed by atoms with Crippen molar-refractivity contribution in [3.63, 3.8) is 0 Å². The van der Waals surface area contributed by atoms with Crippen molar-refractivity contribution in [2.75, 3.05) is 10.8 Å². The third-order valence-electron chi connectivity index (χ3n) is 3.35. The summed E-state index contributed by atoms with van der Waals surface area (Å²) in [6.07, 6.45) is 3.05. The Labute approximate surface area is 137 Å². The van der Waals surface area contributed by atoms with Crippen LogP contribution in [-0.4, -0.2) is 21.4 Å². The Kier molecular flexibility index (Phi) is 5.90. The number of anilines is 1. The number of nitrogens with one attached hydrogen (secondary N) is 1. The molecular weight excluding hydrogens is 312 g/mol. The summed E-state index contributed by atoms with van der Waals surface area (Å²) in [5.74, 6) is 0. The van der Waals surface area contributed by atoms with Gasteiger partial charge in [0.05, 0.1) is 5.69 Å². The van der Waals surface area contributed by atoms with E-state index in [-0.39, 0.29) is 5.69 Å². The molecule has 0 aliphatic heterocycles. The van der Waals surface area contributed by atoms with Crippen LogP contribution in [0.1, 0.15) is 19.8 Å². The zero-order valence-corrected chi connectivity index (χ0v) is 13.7. The van der Waals surface area contributed by atoms with Crippen LogP contribution in [0.4, 0.5) is 5.69 Å². The second-order valence-electron chi connectivity index (χ2n) is 5.02. The molecule has 2 rings (SSSR count). The number of benzene rings is 2. The Morgan fingerprint density at radius 2 is 1.61 bits per heavy atom. The van der Waals surface area contributed by atoms with Crippen LogP contribution in [0.15, 0.2) is 54.6 Å². The van der Waals surface area contributed by atoms with Gasteiger partial charge in [-0.1, -0.05) is 55.8 Å². The van der Waals surface area contributed by atoms with Gasteiger partial charge in [-0.3, -0.25) is 4.79 Å². The van der Waals surface area contributed by atoms with Crippen LogP contribution >= 0.6 is 0 Å². The number of rotatable bonds is 8. The smallest absolute Gasteiger partial charge is 0.262 e. The molecule has 2 aromatic carbocycles. The molecule has 0 spiro atoms. The Morgan fingerprint density at radius 1 is 1.00 bits per heavy atom. The lowest BCUT2D eigenvalue weighted by molar-refractivity contribution is 0.550. The van der Waals surface area contributed by atoms with Crippen molar-refractivity contribution >= 4 is 22.3 Å². The van der Waals surface area contributed by atoms with Crippen LogP contribution in [0.5, 0.6) is 0 Å². The van der Waals surface area contributed by atoms with Crippen LogP contribution in [0.2, 0.25) is 0 Å². The predicted molar refractivity (Wildman–Crippen MR) is 91.9 cm³/mol. The lowest BCUT2D eigenvalue weighted by Gasteiger charge is -2.17. The fraction of sp³-hybridized carbons (Fsp3) is 0.235. The normalized spacial score (nSPS) is 11.2.